The minimum absolute atomic E-state index is 0.436. The standard InChI is InChI=1S/C18H19BrN6OS/c1-12-5-4-6-16(21-12)23-17-15(19)11-20-18(24-17)22-13-7-9-14(10-8-13)25-27(2,3)26/h4-11H,2H2,1,3H3,(H,25,26)(H2,20,21,22,23,24). The highest BCUT2D eigenvalue weighted by atomic mass is 79.9. The molecule has 2 aromatic heterocycles. The first-order valence-corrected chi connectivity index (χ1v) is 10.9. The van der Waals surface area contributed by atoms with E-state index in [1.165, 1.54) is 0 Å². The molecule has 1 atom stereocenters. The average molecular weight is 447 g/mol. The fraction of sp³-hybridized carbons (Fsp3) is 0.111. The predicted molar refractivity (Wildman–Crippen MR) is 117 cm³/mol. The molecule has 140 valence electrons. The Labute approximate surface area is 166 Å². The van der Waals surface area contributed by atoms with Crippen molar-refractivity contribution in [1.29, 1.82) is 0 Å². The van der Waals surface area contributed by atoms with Gasteiger partial charge in [0.15, 0.2) is 5.82 Å². The maximum Gasteiger partial charge on any atom is 0.229 e. The Hall–Kier alpha value is -2.65. The number of anilines is 5. The van der Waals surface area contributed by atoms with Crippen LogP contribution in [0.15, 0.2) is 53.1 Å². The number of halogens is 1. The number of hydrogen-bond donors (Lipinski definition) is 3. The second-order valence-corrected chi connectivity index (χ2v) is 9.06. The van der Waals surface area contributed by atoms with Gasteiger partial charge >= 0.3 is 0 Å². The summed E-state index contributed by atoms with van der Waals surface area (Å²) in [5.41, 5.74) is 2.44. The molecule has 0 aliphatic heterocycles. The Morgan fingerprint density at radius 3 is 2.41 bits per heavy atom. The maximum absolute atomic E-state index is 11.7. The van der Waals surface area contributed by atoms with E-state index in [9.17, 15) is 4.21 Å². The zero-order valence-corrected chi connectivity index (χ0v) is 17.3. The van der Waals surface area contributed by atoms with E-state index in [-0.39, 0.29) is 0 Å². The van der Waals surface area contributed by atoms with Crippen LogP contribution in [0.25, 0.3) is 0 Å². The molecule has 1 aromatic carbocycles. The summed E-state index contributed by atoms with van der Waals surface area (Å²) >= 11 is 3.44. The van der Waals surface area contributed by atoms with E-state index in [0.29, 0.717) is 17.6 Å². The van der Waals surface area contributed by atoms with Crippen LogP contribution in [0.1, 0.15) is 5.69 Å². The summed E-state index contributed by atoms with van der Waals surface area (Å²) in [6.07, 6.45) is 3.21. The van der Waals surface area contributed by atoms with Gasteiger partial charge in [0.1, 0.15) is 5.82 Å². The Bertz CT molecular complexity index is 1050. The molecule has 0 aliphatic rings. The van der Waals surface area contributed by atoms with Crippen molar-refractivity contribution in [3.8, 4) is 0 Å². The first-order chi connectivity index (χ1) is 12.8. The molecule has 3 aromatic rings. The quantitative estimate of drug-likeness (QED) is 0.493. The lowest BCUT2D eigenvalue weighted by atomic mass is 10.3. The molecule has 0 saturated heterocycles. The summed E-state index contributed by atoms with van der Waals surface area (Å²) in [6.45, 7) is 1.93. The van der Waals surface area contributed by atoms with Crippen LogP contribution in [0.4, 0.5) is 29.0 Å². The van der Waals surface area contributed by atoms with Crippen molar-refractivity contribution in [3.05, 3.63) is 58.8 Å². The summed E-state index contributed by atoms with van der Waals surface area (Å²) in [4.78, 5) is 13.2. The van der Waals surface area contributed by atoms with E-state index in [1.54, 1.807) is 12.5 Å². The minimum Gasteiger partial charge on any atom is -0.324 e. The highest BCUT2D eigenvalue weighted by Crippen LogP contribution is 2.25. The van der Waals surface area contributed by atoms with Gasteiger partial charge in [0.05, 0.1) is 4.47 Å². The fourth-order valence-corrected chi connectivity index (χ4v) is 3.17. The van der Waals surface area contributed by atoms with Crippen LogP contribution in [0.5, 0.6) is 0 Å². The third kappa shape index (κ3) is 5.66. The van der Waals surface area contributed by atoms with Gasteiger partial charge in [-0.3, -0.25) is 0 Å². The molecule has 9 heteroatoms. The zero-order chi connectivity index (χ0) is 19.4. The number of aryl methyl sites for hydroxylation is 1. The smallest absolute Gasteiger partial charge is 0.229 e. The number of rotatable bonds is 6. The van der Waals surface area contributed by atoms with Gasteiger partial charge in [0.2, 0.25) is 5.95 Å². The molecule has 0 aliphatic carbocycles. The Morgan fingerprint density at radius 1 is 1.04 bits per heavy atom. The highest BCUT2D eigenvalue weighted by Gasteiger charge is 2.07. The lowest BCUT2D eigenvalue weighted by molar-refractivity contribution is 0.688. The van der Waals surface area contributed by atoms with Crippen LogP contribution in [0.2, 0.25) is 0 Å². The summed E-state index contributed by atoms with van der Waals surface area (Å²) in [5.74, 6) is 5.32. The summed E-state index contributed by atoms with van der Waals surface area (Å²) in [7, 11) is -2.31. The first-order valence-electron chi connectivity index (χ1n) is 7.99. The topological polar surface area (TPSA) is 91.8 Å². The van der Waals surface area contributed by atoms with Crippen molar-refractivity contribution in [2.45, 2.75) is 6.92 Å². The molecule has 0 amide bonds. The summed E-state index contributed by atoms with van der Waals surface area (Å²) < 4.78 is 15.3. The van der Waals surface area contributed by atoms with Crippen molar-refractivity contribution in [3.63, 3.8) is 0 Å². The predicted octanol–water partition coefficient (Wildman–Crippen LogP) is 4.10. The van der Waals surface area contributed by atoms with Crippen molar-refractivity contribution in [2.24, 2.45) is 0 Å². The lowest BCUT2D eigenvalue weighted by Gasteiger charge is -2.11. The molecule has 0 saturated carbocycles. The van der Waals surface area contributed by atoms with E-state index in [1.807, 2.05) is 49.4 Å². The van der Waals surface area contributed by atoms with Crippen LogP contribution in [0, 0.1) is 6.92 Å². The molecule has 3 rings (SSSR count). The number of hydrogen-bond acceptors (Lipinski definition) is 6. The van der Waals surface area contributed by atoms with Gasteiger partial charge in [-0.25, -0.2) is 14.2 Å². The largest absolute Gasteiger partial charge is 0.324 e. The van der Waals surface area contributed by atoms with E-state index < -0.39 is 9.71 Å². The molecule has 3 N–H and O–H groups in total. The molecule has 7 nitrogen and oxygen atoms in total. The van der Waals surface area contributed by atoms with Gasteiger partial charge in [0, 0.05) is 39.2 Å². The number of nitrogens with zero attached hydrogens (tertiary/aromatic N) is 3. The van der Waals surface area contributed by atoms with Crippen LogP contribution in [-0.4, -0.2) is 31.3 Å². The molecule has 0 radical (unpaired) electrons. The zero-order valence-electron chi connectivity index (χ0n) is 14.9. The summed E-state index contributed by atoms with van der Waals surface area (Å²) in [6, 6.07) is 13.0. The maximum atomic E-state index is 11.7. The second kappa shape index (κ2) is 7.93. The minimum atomic E-state index is -2.31. The first kappa shape index (κ1) is 19.1. The average Bonchev–Trinajstić information content (AvgIpc) is 2.58. The van der Waals surface area contributed by atoms with Gasteiger partial charge < -0.3 is 15.4 Å². The van der Waals surface area contributed by atoms with Crippen LogP contribution >= 0.6 is 15.9 Å². The third-order valence-corrected chi connectivity index (χ3v) is 4.60. The Balaban J connectivity index is 1.76. The normalized spacial score (nSPS) is 12.9. The number of aromatic nitrogens is 3. The molecular formula is C18H19BrN6OS. The van der Waals surface area contributed by atoms with Crippen LogP contribution in [0.3, 0.4) is 0 Å². The fourth-order valence-electron chi connectivity index (χ4n) is 2.25. The molecule has 0 spiro atoms. The van der Waals surface area contributed by atoms with Crippen molar-refractivity contribution >= 4 is 60.5 Å². The number of benzene rings is 1. The van der Waals surface area contributed by atoms with Crippen molar-refractivity contribution in [1.82, 2.24) is 15.0 Å². The lowest BCUT2D eigenvalue weighted by Crippen LogP contribution is -2.09. The van der Waals surface area contributed by atoms with E-state index in [0.717, 1.165) is 21.5 Å². The second-order valence-electron chi connectivity index (χ2n) is 5.99. The van der Waals surface area contributed by atoms with E-state index in [2.05, 4.69) is 52.1 Å². The molecule has 0 bridgehead atoms. The molecule has 27 heavy (non-hydrogen) atoms. The van der Waals surface area contributed by atoms with Gasteiger partial charge in [0.25, 0.3) is 0 Å². The van der Waals surface area contributed by atoms with Crippen LogP contribution < -0.4 is 15.4 Å². The molecule has 0 fully saturated rings. The van der Waals surface area contributed by atoms with Gasteiger partial charge in [-0.1, -0.05) is 6.07 Å². The van der Waals surface area contributed by atoms with Gasteiger partial charge in [-0.15, -0.1) is 0 Å². The van der Waals surface area contributed by atoms with Crippen molar-refractivity contribution < 1.29 is 4.21 Å². The Morgan fingerprint density at radius 2 is 1.74 bits per heavy atom. The highest BCUT2D eigenvalue weighted by molar-refractivity contribution is 9.10. The summed E-state index contributed by atoms with van der Waals surface area (Å²) in [5, 5.41) is 6.32. The molecular weight excluding hydrogens is 428 g/mol. The third-order valence-electron chi connectivity index (χ3n) is 3.35. The molecule has 1 unspecified atom stereocenters. The Kier molecular flexibility index (Phi) is 5.62. The van der Waals surface area contributed by atoms with Gasteiger partial charge in [-0.2, -0.15) is 4.98 Å². The van der Waals surface area contributed by atoms with Gasteiger partial charge in [-0.05, 0) is 65.1 Å². The van der Waals surface area contributed by atoms with Crippen LogP contribution in [-0.2, 0) is 9.71 Å². The van der Waals surface area contributed by atoms with E-state index in [4.69, 9.17) is 0 Å². The number of pyridine rings is 1. The van der Waals surface area contributed by atoms with Crippen molar-refractivity contribution in [2.75, 3.05) is 21.6 Å². The SMILES string of the molecule is C=S(C)(=O)Nc1ccc(Nc2ncc(Br)c(Nc3cccc(C)n3)n2)cc1. The molecule has 2 heterocycles. The monoisotopic (exact) mass is 446 g/mol. The van der Waals surface area contributed by atoms with E-state index >= 15 is 0 Å². The number of nitrogens with one attached hydrogen (secondary N) is 3.